The first-order chi connectivity index (χ1) is 9.09. The first-order valence-corrected chi connectivity index (χ1v) is 6.19. The molecule has 0 aliphatic carbocycles. The van der Waals surface area contributed by atoms with Gasteiger partial charge in [-0.2, -0.15) is 0 Å². The summed E-state index contributed by atoms with van der Waals surface area (Å²) in [6, 6.07) is 7.49. The minimum absolute atomic E-state index is 0.00296. The van der Waals surface area contributed by atoms with Crippen molar-refractivity contribution in [3.8, 4) is 0 Å². The highest BCUT2D eigenvalue weighted by molar-refractivity contribution is 5.94. The van der Waals surface area contributed by atoms with Gasteiger partial charge in [-0.3, -0.25) is 14.8 Å². The van der Waals surface area contributed by atoms with Crippen molar-refractivity contribution < 1.29 is 4.79 Å². The molecule has 0 spiro atoms. The fourth-order valence-corrected chi connectivity index (χ4v) is 1.84. The molecule has 19 heavy (non-hydrogen) atoms. The third kappa shape index (κ3) is 2.96. The average molecular weight is 255 g/mol. The van der Waals surface area contributed by atoms with E-state index in [9.17, 15) is 4.79 Å². The molecule has 2 aromatic heterocycles. The molecule has 4 nitrogen and oxygen atoms in total. The molecule has 0 saturated carbocycles. The van der Waals surface area contributed by atoms with Crippen LogP contribution in [0.1, 0.15) is 34.6 Å². The number of hydrogen-bond donors (Lipinski definition) is 0. The SMILES string of the molecule is Cc1ccc(C(=O)N(C)C(C)c2ccncc2)cn1. The Morgan fingerprint density at radius 2 is 1.89 bits per heavy atom. The van der Waals surface area contributed by atoms with Gasteiger partial charge in [0.05, 0.1) is 11.6 Å². The van der Waals surface area contributed by atoms with Crippen molar-refractivity contribution in [1.82, 2.24) is 14.9 Å². The van der Waals surface area contributed by atoms with E-state index in [1.807, 2.05) is 32.0 Å². The maximum absolute atomic E-state index is 12.3. The second-order valence-electron chi connectivity index (χ2n) is 4.56. The Labute approximate surface area is 113 Å². The lowest BCUT2D eigenvalue weighted by molar-refractivity contribution is 0.0742. The zero-order valence-corrected chi connectivity index (χ0v) is 11.4. The van der Waals surface area contributed by atoms with Crippen LogP contribution >= 0.6 is 0 Å². The monoisotopic (exact) mass is 255 g/mol. The smallest absolute Gasteiger partial charge is 0.255 e. The summed E-state index contributed by atoms with van der Waals surface area (Å²) in [4.78, 5) is 22.2. The second-order valence-corrected chi connectivity index (χ2v) is 4.56. The number of hydrogen-bond acceptors (Lipinski definition) is 3. The van der Waals surface area contributed by atoms with Gasteiger partial charge in [0.1, 0.15) is 0 Å². The lowest BCUT2D eigenvalue weighted by atomic mass is 10.1. The normalized spacial score (nSPS) is 11.9. The van der Waals surface area contributed by atoms with E-state index in [0.29, 0.717) is 5.56 Å². The highest BCUT2D eigenvalue weighted by Crippen LogP contribution is 2.19. The predicted octanol–water partition coefficient (Wildman–Crippen LogP) is 2.62. The highest BCUT2D eigenvalue weighted by atomic mass is 16.2. The number of pyridine rings is 2. The molecule has 1 atom stereocenters. The summed E-state index contributed by atoms with van der Waals surface area (Å²) in [5, 5.41) is 0. The fraction of sp³-hybridized carbons (Fsp3) is 0.267. The van der Waals surface area contributed by atoms with Crippen LogP contribution in [0.2, 0.25) is 0 Å². The standard InChI is InChI=1S/C15H17N3O/c1-11-4-5-14(10-17-11)15(19)18(3)12(2)13-6-8-16-9-7-13/h4-10,12H,1-3H3. The van der Waals surface area contributed by atoms with Gasteiger partial charge in [0, 0.05) is 31.3 Å². The van der Waals surface area contributed by atoms with Crippen LogP contribution in [-0.2, 0) is 0 Å². The summed E-state index contributed by atoms with van der Waals surface area (Å²) in [6.45, 7) is 3.90. The molecule has 0 aliphatic heterocycles. The summed E-state index contributed by atoms with van der Waals surface area (Å²) >= 11 is 0. The van der Waals surface area contributed by atoms with Crippen molar-refractivity contribution in [3.05, 3.63) is 59.7 Å². The molecule has 1 unspecified atom stereocenters. The number of rotatable bonds is 3. The molecule has 0 radical (unpaired) electrons. The minimum Gasteiger partial charge on any atom is -0.335 e. The number of aryl methyl sites for hydroxylation is 1. The number of carbonyl (C=O) groups is 1. The Balaban J connectivity index is 2.17. The van der Waals surface area contributed by atoms with E-state index in [-0.39, 0.29) is 11.9 Å². The van der Waals surface area contributed by atoms with Gasteiger partial charge in [0.15, 0.2) is 0 Å². The van der Waals surface area contributed by atoms with Crippen LogP contribution in [0.4, 0.5) is 0 Å². The van der Waals surface area contributed by atoms with Crippen molar-refractivity contribution in [1.29, 1.82) is 0 Å². The van der Waals surface area contributed by atoms with E-state index in [1.54, 1.807) is 36.6 Å². The van der Waals surface area contributed by atoms with Crippen molar-refractivity contribution >= 4 is 5.91 Å². The van der Waals surface area contributed by atoms with E-state index in [0.717, 1.165) is 11.3 Å². The first kappa shape index (κ1) is 13.2. The summed E-state index contributed by atoms with van der Waals surface area (Å²) in [5.74, 6) is -0.0307. The van der Waals surface area contributed by atoms with Crippen LogP contribution in [0, 0.1) is 6.92 Å². The number of amides is 1. The van der Waals surface area contributed by atoms with Gasteiger partial charge in [0.2, 0.25) is 0 Å². The summed E-state index contributed by atoms with van der Waals surface area (Å²) < 4.78 is 0. The Bertz CT molecular complexity index is 551. The van der Waals surface area contributed by atoms with Crippen LogP contribution in [0.3, 0.4) is 0 Å². The van der Waals surface area contributed by atoms with E-state index >= 15 is 0 Å². The average Bonchev–Trinajstić information content (AvgIpc) is 2.46. The Morgan fingerprint density at radius 3 is 2.47 bits per heavy atom. The van der Waals surface area contributed by atoms with Crippen LogP contribution in [0.15, 0.2) is 42.9 Å². The lowest BCUT2D eigenvalue weighted by Gasteiger charge is -2.25. The number of nitrogens with zero attached hydrogens (tertiary/aromatic N) is 3. The number of carbonyl (C=O) groups excluding carboxylic acids is 1. The van der Waals surface area contributed by atoms with E-state index in [1.165, 1.54) is 0 Å². The van der Waals surface area contributed by atoms with Crippen molar-refractivity contribution in [2.45, 2.75) is 19.9 Å². The third-order valence-electron chi connectivity index (χ3n) is 3.25. The van der Waals surface area contributed by atoms with E-state index < -0.39 is 0 Å². The molecule has 2 heterocycles. The minimum atomic E-state index is -0.0307. The Morgan fingerprint density at radius 1 is 1.21 bits per heavy atom. The zero-order chi connectivity index (χ0) is 13.8. The maximum Gasteiger partial charge on any atom is 0.255 e. The van der Waals surface area contributed by atoms with Crippen LogP contribution in [0.25, 0.3) is 0 Å². The second kappa shape index (κ2) is 5.61. The Hall–Kier alpha value is -2.23. The zero-order valence-electron chi connectivity index (χ0n) is 11.4. The molecular weight excluding hydrogens is 238 g/mol. The van der Waals surface area contributed by atoms with Gasteiger partial charge in [-0.1, -0.05) is 0 Å². The Kier molecular flexibility index (Phi) is 3.90. The number of aromatic nitrogens is 2. The van der Waals surface area contributed by atoms with Gasteiger partial charge < -0.3 is 4.90 Å². The fourth-order valence-electron chi connectivity index (χ4n) is 1.84. The van der Waals surface area contributed by atoms with Crippen LogP contribution in [-0.4, -0.2) is 27.8 Å². The molecule has 2 rings (SSSR count). The van der Waals surface area contributed by atoms with Crippen molar-refractivity contribution in [2.75, 3.05) is 7.05 Å². The predicted molar refractivity (Wildman–Crippen MR) is 73.7 cm³/mol. The topological polar surface area (TPSA) is 46.1 Å². The lowest BCUT2D eigenvalue weighted by Crippen LogP contribution is -2.29. The van der Waals surface area contributed by atoms with E-state index in [2.05, 4.69) is 9.97 Å². The highest BCUT2D eigenvalue weighted by Gasteiger charge is 2.18. The molecule has 4 heteroatoms. The molecule has 0 fully saturated rings. The molecule has 1 amide bonds. The van der Waals surface area contributed by atoms with Crippen LogP contribution < -0.4 is 0 Å². The molecular formula is C15H17N3O. The molecule has 0 saturated heterocycles. The summed E-state index contributed by atoms with van der Waals surface area (Å²) in [7, 11) is 1.80. The van der Waals surface area contributed by atoms with Gasteiger partial charge in [-0.15, -0.1) is 0 Å². The van der Waals surface area contributed by atoms with Gasteiger partial charge in [-0.25, -0.2) is 0 Å². The largest absolute Gasteiger partial charge is 0.335 e. The summed E-state index contributed by atoms with van der Waals surface area (Å²) in [6.07, 6.45) is 5.09. The van der Waals surface area contributed by atoms with E-state index in [4.69, 9.17) is 0 Å². The molecule has 98 valence electrons. The molecule has 0 aliphatic rings. The first-order valence-electron chi connectivity index (χ1n) is 6.19. The van der Waals surface area contributed by atoms with Gasteiger partial charge in [-0.05, 0) is 43.7 Å². The quantitative estimate of drug-likeness (QED) is 0.847. The van der Waals surface area contributed by atoms with Crippen molar-refractivity contribution in [3.63, 3.8) is 0 Å². The third-order valence-corrected chi connectivity index (χ3v) is 3.25. The summed E-state index contributed by atoms with van der Waals surface area (Å²) in [5.41, 5.74) is 2.57. The molecule has 0 bridgehead atoms. The molecule has 2 aromatic rings. The maximum atomic E-state index is 12.3. The van der Waals surface area contributed by atoms with Gasteiger partial charge >= 0.3 is 0 Å². The molecule has 0 N–H and O–H groups in total. The van der Waals surface area contributed by atoms with Crippen molar-refractivity contribution in [2.24, 2.45) is 0 Å². The van der Waals surface area contributed by atoms with Gasteiger partial charge in [0.25, 0.3) is 5.91 Å². The molecule has 0 aromatic carbocycles. The van der Waals surface area contributed by atoms with Crippen LogP contribution in [0.5, 0.6) is 0 Å².